The van der Waals surface area contributed by atoms with Crippen LogP contribution < -0.4 is 29.5 Å². The number of carboxylic acids is 1. The van der Waals surface area contributed by atoms with Crippen LogP contribution in [0.3, 0.4) is 0 Å². The molecule has 2 atom stereocenters. The molecule has 25 heteroatoms. The van der Waals surface area contributed by atoms with E-state index in [1.165, 1.54) is 24.0 Å². The molecular weight excluding hydrogens is 604 g/mol. The van der Waals surface area contributed by atoms with Crippen molar-refractivity contribution in [3.8, 4) is 0 Å². The molecule has 2 aliphatic rings. The number of esters is 1. The minimum atomic E-state index is -0.988. The van der Waals surface area contributed by atoms with Gasteiger partial charge in [-0.15, -0.1) is 0 Å². The van der Waals surface area contributed by atoms with Gasteiger partial charge < -0.3 is 35.8 Å². The minimum Gasteiger partial charge on any atom is -0.870 e. The number of urea groups is 2. The first-order valence-electron chi connectivity index (χ1n) is 13.3. The van der Waals surface area contributed by atoms with Gasteiger partial charge in [-0.25, -0.2) is 19.2 Å². The molecule has 2 saturated heterocycles. The summed E-state index contributed by atoms with van der Waals surface area (Å²) in [5, 5.41) is 13.2. The van der Waals surface area contributed by atoms with Crippen LogP contribution in [0.2, 0.25) is 0 Å². The summed E-state index contributed by atoms with van der Waals surface area (Å²) in [7, 11) is 44.0. The second kappa shape index (κ2) is 30.3. The first-order chi connectivity index (χ1) is 22.1. The maximum Gasteiger partial charge on any atom is 1.00 e. The molecule has 2 rings (SSSR count). The summed E-state index contributed by atoms with van der Waals surface area (Å²) in [6.45, 7) is 7.19. The number of amides is 4. The van der Waals surface area contributed by atoms with Crippen LogP contribution >= 0.6 is 0 Å². The Hall–Kier alpha value is -3.80. The monoisotopic (exact) mass is 629 g/mol. The van der Waals surface area contributed by atoms with Crippen molar-refractivity contribution in [1.82, 2.24) is 20.4 Å². The van der Waals surface area contributed by atoms with Crippen molar-refractivity contribution in [3.05, 3.63) is 76.2 Å². The van der Waals surface area contributed by atoms with Gasteiger partial charge in [0.2, 0.25) is 0 Å². The topological polar surface area (TPSA) is 158 Å². The molecule has 4 N–H and O–H groups in total. The Morgan fingerprint density at radius 2 is 1.14 bits per heavy atom. The van der Waals surface area contributed by atoms with Gasteiger partial charge in [0.15, 0.2) is 0 Å². The SMILES string of the molecule is C=C=C=C=C=C=C=C=C=C=C=C=C.CN1C[C@@H](C(=O)O)NC1=O.COC(=O)[C@@H]1CN(C)C(=O)N1.[B][B]B(B([B])[B])B(B([B])[B])B([B])[B].[Li+].[OH-]. The number of nitrogens with zero attached hydrogens (tertiary/aromatic N) is 2. The number of carboxylic acid groups (broad SMARTS) is 1. The van der Waals surface area contributed by atoms with E-state index in [0.717, 1.165) is 0 Å². The summed E-state index contributed by atoms with van der Waals surface area (Å²) in [6.07, 6.45) is -2.87. The van der Waals surface area contributed by atoms with Gasteiger partial charge >= 0.3 is 42.9 Å². The van der Waals surface area contributed by atoms with Crippen LogP contribution in [-0.4, -0.2) is 184 Å². The van der Waals surface area contributed by atoms with Gasteiger partial charge in [-0.3, -0.25) is 0 Å². The average Bonchev–Trinajstić information content (AvgIpc) is 3.54. The van der Waals surface area contributed by atoms with Crippen LogP contribution in [0.5, 0.6) is 0 Å². The van der Waals surface area contributed by atoms with E-state index in [2.05, 4.69) is 91.6 Å². The van der Waals surface area contributed by atoms with Crippen molar-refractivity contribution in [3.63, 3.8) is 0 Å². The summed E-state index contributed by atoms with van der Waals surface area (Å²) in [6, 6.07) is -1.80. The molecule has 2 heterocycles. The van der Waals surface area contributed by atoms with E-state index in [-0.39, 0.29) is 49.3 Å². The Balaban J connectivity index is -0.000000273. The van der Waals surface area contributed by atoms with E-state index in [1.807, 2.05) is 0 Å². The van der Waals surface area contributed by atoms with Crippen LogP contribution in [0, 0.1) is 0 Å². The van der Waals surface area contributed by atoms with Gasteiger partial charge in [-0.1, -0.05) is 11.5 Å². The second-order valence-corrected chi connectivity index (χ2v) is 9.18. The summed E-state index contributed by atoms with van der Waals surface area (Å²) in [5.74, 6) is -1.39. The smallest absolute Gasteiger partial charge is 0.870 e. The predicted molar refractivity (Wildman–Crippen MR) is 196 cm³/mol. The molecule has 2 fully saturated rings. The van der Waals surface area contributed by atoms with Crippen molar-refractivity contribution in [2.45, 2.75) is 12.1 Å². The molecule has 0 aromatic rings. The number of hydrogen-bond acceptors (Lipinski definition) is 6. The van der Waals surface area contributed by atoms with E-state index in [9.17, 15) is 19.2 Å². The third-order valence-electron chi connectivity index (χ3n) is 5.66. The molecule has 221 valence electrons. The Morgan fingerprint density at radius 3 is 1.33 bits per heavy atom. The van der Waals surface area contributed by atoms with Gasteiger partial charge in [0, 0.05) is 107 Å². The Morgan fingerprint density at radius 1 is 0.796 bits per heavy atom. The summed E-state index contributed by atoms with van der Waals surface area (Å²) < 4.78 is 4.45. The number of rotatable bonds is 7. The van der Waals surface area contributed by atoms with Crippen LogP contribution in [0.1, 0.15) is 0 Å². The van der Waals surface area contributed by atoms with Crippen molar-refractivity contribution in [2.75, 3.05) is 34.3 Å². The average molecular weight is 627 g/mol. The predicted octanol–water partition coefficient (Wildman–Crippen LogP) is -7.34. The summed E-state index contributed by atoms with van der Waals surface area (Å²) >= 11 is 0. The number of carbonyl (C=O) groups excluding carboxylic acids is 3. The number of hydrogen-bond donors (Lipinski definition) is 3. The van der Waals surface area contributed by atoms with Crippen LogP contribution in [-0.2, 0) is 14.3 Å². The zero-order valence-corrected chi connectivity index (χ0v) is 27.8. The fourth-order valence-corrected chi connectivity index (χ4v) is 3.33. The van der Waals surface area contributed by atoms with Gasteiger partial charge in [0.1, 0.15) is 12.1 Å². The van der Waals surface area contributed by atoms with Gasteiger partial charge in [-0.2, -0.15) is 0 Å². The number of likely N-dealkylation sites (N-methyl/N-ethyl adjacent to an activating group) is 2. The third kappa shape index (κ3) is 23.2. The molecular formula is C24H23B13LiN4O7. The van der Waals surface area contributed by atoms with Gasteiger partial charge in [0.05, 0.1) is 20.2 Å². The summed E-state index contributed by atoms with van der Waals surface area (Å²) in [5.41, 5.74) is 26.9. The first-order valence-corrected chi connectivity index (χ1v) is 13.3. The number of nitrogens with one attached hydrogen (secondary N) is 2. The standard InChI is InChI=1S/C13H4.C6H10N2O3.C5H8N2O3.B13.Li.H2O/c1-3-5-7-9-11-13-12-10-8-6-4-2;1-8-3-4(5(9)11-2)7-6(8)10;1-7-2-3(4(8)9)6-5(7)10;1-8-12(9(2)3)13(10(4)5)11(6)7;;/h1-2H2;4H,3H2,1-2H3,(H,7,10);3H,2H2,1H3,(H,6,10)(H,8,9);;;1H2/q;;;;+1;/p-1/t;4-;3-;;;/m.00.../s1. The molecule has 11 nitrogen and oxygen atoms in total. The molecule has 0 aliphatic carbocycles. The molecule has 0 unspecified atom stereocenters. The Bertz CT molecular complexity index is 1460. The van der Waals surface area contributed by atoms with Crippen LogP contribution in [0.15, 0.2) is 76.2 Å². The van der Waals surface area contributed by atoms with Crippen molar-refractivity contribution in [1.29, 1.82) is 0 Å². The van der Waals surface area contributed by atoms with E-state index < -0.39 is 49.6 Å². The molecule has 15 radical (unpaired) electrons. The normalized spacial score (nSPS) is 13.5. The minimum absolute atomic E-state index is 0. The first kappa shape index (κ1) is 52.0. The maximum atomic E-state index is 10.8. The zero-order chi connectivity index (χ0) is 36.5. The second-order valence-electron chi connectivity index (χ2n) is 9.18. The van der Waals surface area contributed by atoms with Crippen LogP contribution in [0.25, 0.3) is 0 Å². The van der Waals surface area contributed by atoms with Crippen LogP contribution in [0.4, 0.5) is 9.59 Å². The Kier molecular flexibility index (Phi) is 32.1. The van der Waals surface area contributed by atoms with Crippen molar-refractivity contribution >= 4 is 117 Å². The quantitative estimate of drug-likeness (QED) is 0.144. The molecule has 0 aromatic carbocycles. The van der Waals surface area contributed by atoms with E-state index in [4.69, 9.17) is 59.3 Å². The molecule has 49 heavy (non-hydrogen) atoms. The van der Waals surface area contributed by atoms with E-state index in [0.29, 0.717) is 6.54 Å². The van der Waals surface area contributed by atoms with E-state index in [1.54, 1.807) is 14.1 Å². The zero-order valence-electron chi connectivity index (χ0n) is 27.8. The van der Waals surface area contributed by atoms with Gasteiger partial charge in [-0.05, 0) is 64.7 Å². The number of methoxy groups -OCH3 is 1. The fourth-order valence-electron chi connectivity index (χ4n) is 3.33. The largest absolute Gasteiger partial charge is 1.00 e. The van der Waals surface area contributed by atoms with Crippen molar-refractivity contribution < 1.29 is 53.4 Å². The molecule has 0 saturated carbocycles. The molecule has 0 spiro atoms. The molecule has 0 bridgehead atoms. The summed E-state index contributed by atoms with van der Waals surface area (Å²) in [4.78, 5) is 45.3. The molecule has 2 aliphatic heterocycles. The third-order valence-corrected chi connectivity index (χ3v) is 5.66. The van der Waals surface area contributed by atoms with Crippen molar-refractivity contribution in [2.24, 2.45) is 0 Å². The number of aliphatic carboxylic acids is 1. The Labute approximate surface area is 312 Å². The molecule has 0 aromatic heterocycles. The molecule has 4 amide bonds. The van der Waals surface area contributed by atoms with E-state index >= 15 is 0 Å². The number of ether oxygens (including phenoxy) is 1. The maximum absolute atomic E-state index is 10.8. The fraction of sp³-hybridized carbons (Fsp3) is 0.292. The number of carbonyl (C=O) groups is 4. The van der Waals surface area contributed by atoms with Gasteiger partial charge in [0.25, 0.3) is 0 Å².